The molecule has 2 saturated heterocycles. The zero-order chi connectivity index (χ0) is 15.7. The van der Waals surface area contributed by atoms with Crippen molar-refractivity contribution in [2.45, 2.75) is 57.0 Å². The van der Waals surface area contributed by atoms with Crippen molar-refractivity contribution >= 4 is 5.91 Å². The monoisotopic (exact) mass is 303 g/mol. The summed E-state index contributed by atoms with van der Waals surface area (Å²) in [4.78, 5) is 12.4. The van der Waals surface area contributed by atoms with E-state index in [1.807, 2.05) is 32.0 Å². The van der Waals surface area contributed by atoms with Crippen LogP contribution in [0.2, 0.25) is 0 Å². The van der Waals surface area contributed by atoms with Gasteiger partial charge in [-0.2, -0.15) is 0 Å². The van der Waals surface area contributed by atoms with E-state index in [1.165, 1.54) is 5.56 Å². The number of methoxy groups -OCH3 is 1. The molecule has 22 heavy (non-hydrogen) atoms. The van der Waals surface area contributed by atoms with Gasteiger partial charge in [0.2, 0.25) is 0 Å². The number of amides is 1. The Labute approximate surface area is 132 Å². The molecular weight excluding hydrogens is 278 g/mol. The topological polar surface area (TPSA) is 50.9 Å². The first-order valence-corrected chi connectivity index (χ1v) is 8.28. The summed E-state index contributed by atoms with van der Waals surface area (Å²) in [5.74, 6) is 0.254. The van der Waals surface area contributed by atoms with Crippen LogP contribution in [0.5, 0.6) is 0 Å². The third-order valence-corrected chi connectivity index (χ3v) is 5.13. The largest absolute Gasteiger partial charge is 0.369 e. The lowest BCUT2D eigenvalue weighted by Gasteiger charge is -2.35. The van der Waals surface area contributed by atoms with Gasteiger partial charge in [-0.05, 0) is 18.4 Å². The van der Waals surface area contributed by atoms with Crippen LogP contribution in [0, 0.1) is 5.92 Å². The highest BCUT2D eigenvalue weighted by molar-refractivity contribution is 5.89. The lowest BCUT2D eigenvalue weighted by molar-refractivity contribution is -0.145. The predicted molar refractivity (Wildman–Crippen MR) is 84.5 cm³/mol. The van der Waals surface area contributed by atoms with E-state index in [2.05, 4.69) is 17.4 Å². The molecule has 2 aliphatic heterocycles. The maximum absolute atomic E-state index is 12.4. The number of ether oxygens (including phenoxy) is 2. The zero-order valence-electron chi connectivity index (χ0n) is 13.5. The van der Waals surface area contributed by atoms with Crippen molar-refractivity contribution in [1.82, 2.24) is 5.32 Å². The fourth-order valence-corrected chi connectivity index (χ4v) is 3.99. The number of rotatable bonds is 3. The molecule has 5 unspecified atom stereocenters. The predicted octanol–water partition coefficient (Wildman–Crippen LogP) is 2.32. The van der Waals surface area contributed by atoms with E-state index >= 15 is 0 Å². The van der Waals surface area contributed by atoms with E-state index in [1.54, 1.807) is 7.11 Å². The van der Waals surface area contributed by atoms with E-state index in [-0.39, 0.29) is 24.0 Å². The van der Waals surface area contributed by atoms with Crippen molar-refractivity contribution in [1.29, 1.82) is 0 Å². The number of nitrogens with one attached hydrogen (secondary N) is 1. The molecule has 4 heteroatoms. The number of carbonyl (C=O) groups excluding carboxylic acids is 1. The fourth-order valence-electron chi connectivity index (χ4n) is 3.99. The number of benzene rings is 1. The van der Waals surface area contributed by atoms with Gasteiger partial charge >= 0.3 is 0 Å². The summed E-state index contributed by atoms with van der Waals surface area (Å²) in [6, 6.07) is 10.5. The molecule has 3 aliphatic rings. The normalized spacial score (nSPS) is 38.2. The van der Waals surface area contributed by atoms with Gasteiger partial charge < -0.3 is 14.8 Å². The summed E-state index contributed by atoms with van der Waals surface area (Å²) < 4.78 is 11.3. The minimum Gasteiger partial charge on any atom is -0.369 e. The molecule has 2 heterocycles. The minimum absolute atomic E-state index is 0.0416. The standard InChI is InChI=1S/C16H19NO3.C2H6/c1-19-16-9-14-13(20-14)8-11(16)12(17-15(16)18)7-10-5-3-2-4-6-10;1-2/h2-6,11-14H,7-9H2,1H3,(H,17,18);1-2H3. The quantitative estimate of drug-likeness (QED) is 0.872. The Morgan fingerprint density at radius 3 is 2.68 bits per heavy atom. The Morgan fingerprint density at radius 1 is 1.27 bits per heavy atom. The molecule has 1 aromatic rings. The first-order valence-electron chi connectivity index (χ1n) is 8.28. The van der Waals surface area contributed by atoms with E-state index in [0.717, 1.165) is 12.8 Å². The van der Waals surface area contributed by atoms with Gasteiger partial charge in [-0.25, -0.2) is 0 Å². The van der Waals surface area contributed by atoms with Crippen molar-refractivity contribution in [3.8, 4) is 0 Å². The van der Waals surface area contributed by atoms with E-state index < -0.39 is 5.60 Å². The molecule has 0 radical (unpaired) electrons. The van der Waals surface area contributed by atoms with Crippen molar-refractivity contribution < 1.29 is 14.3 Å². The van der Waals surface area contributed by atoms with E-state index in [9.17, 15) is 4.79 Å². The molecule has 3 fully saturated rings. The maximum Gasteiger partial charge on any atom is 0.252 e. The molecule has 4 rings (SSSR count). The highest BCUT2D eigenvalue weighted by Gasteiger charge is 2.64. The smallest absolute Gasteiger partial charge is 0.252 e. The average Bonchev–Trinajstić information content (AvgIpc) is 3.28. The van der Waals surface area contributed by atoms with Gasteiger partial charge in [0.25, 0.3) is 5.91 Å². The van der Waals surface area contributed by atoms with Crippen LogP contribution in [-0.2, 0) is 20.7 Å². The summed E-state index contributed by atoms with van der Waals surface area (Å²) in [7, 11) is 1.65. The van der Waals surface area contributed by atoms with Gasteiger partial charge in [0.05, 0.1) is 12.2 Å². The molecule has 0 aromatic heterocycles. The van der Waals surface area contributed by atoms with Crippen molar-refractivity contribution in [2.24, 2.45) is 5.92 Å². The molecular formula is C18H25NO3. The van der Waals surface area contributed by atoms with Crippen molar-refractivity contribution in [2.75, 3.05) is 7.11 Å². The number of hydrogen-bond donors (Lipinski definition) is 1. The third kappa shape index (κ3) is 2.44. The van der Waals surface area contributed by atoms with Gasteiger partial charge in [0.1, 0.15) is 0 Å². The van der Waals surface area contributed by atoms with Gasteiger partial charge in [0.15, 0.2) is 5.60 Å². The Balaban J connectivity index is 0.000000693. The number of carbonyl (C=O) groups is 1. The molecule has 5 atom stereocenters. The first-order chi connectivity index (χ1) is 10.7. The molecule has 120 valence electrons. The molecule has 0 spiro atoms. The van der Waals surface area contributed by atoms with Crippen LogP contribution >= 0.6 is 0 Å². The molecule has 1 saturated carbocycles. The molecule has 4 nitrogen and oxygen atoms in total. The summed E-state index contributed by atoms with van der Waals surface area (Å²) in [6.07, 6.45) is 3.06. The Morgan fingerprint density at radius 2 is 2.00 bits per heavy atom. The fraction of sp³-hybridized carbons (Fsp3) is 0.611. The Hall–Kier alpha value is -1.39. The molecule has 1 amide bonds. The number of hydrogen-bond acceptors (Lipinski definition) is 3. The van der Waals surface area contributed by atoms with Gasteiger partial charge in [-0.3, -0.25) is 4.79 Å². The second kappa shape index (κ2) is 6.01. The third-order valence-electron chi connectivity index (χ3n) is 5.13. The summed E-state index contributed by atoms with van der Waals surface area (Å²) >= 11 is 0. The summed E-state index contributed by atoms with van der Waals surface area (Å²) in [5, 5.41) is 3.16. The van der Waals surface area contributed by atoms with E-state index in [0.29, 0.717) is 12.5 Å². The van der Waals surface area contributed by atoms with Crippen LogP contribution in [0.15, 0.2) is 30.3 Å². The van der Waals surface area contributed by atoms with Crippen LogP contribution in [0.3, 0.4) is 0 Å². The van der Waals surface area contributed by atoms with Crippen LogP contribution < -0.4 is 5.32 Å². The van der Waals surface area contributed by atoms with Gasteiger partial charge in [-0.15, -0.1) is 0 Å². The molecule has 1 aliphatic carbocycles. The van der Waals surface area contributed by atoms with Gasteiger partial charge in [-0.1, -0.05) is 44.2 Å². The summed E-state index contributed by atoms with van der Waals surface area (Å²) in [5.41, 5.74) is 0.584. The molecule has 1 aromatic carbocycles. The van der Waals surface area contributed by atoms with Crippen LogP contribution in [0.4, 0.5) is 0 Å². The first kappa shape index (κ1) is 15.5. The second-order valence-corrected chi connectivity index (χ2v) is 6.12. The SMILES string of the molecule is CC.COC12CC3OC3CC1C(Cc1ccccc1)NC2=O. The second-order valence-electron chi connectivity index (χ2n) is 6.12. The van der Waals surface area contributed by atoms with Crippen LogP contribution in [0.1, 0.15) is 32.3 Å². The van der Waals surface area contributed by atoms with Crippen molar-refractivity contribution in [3.63, 3.8) is 0 Å². The highest BCUT2D eigenvalue weighted by atomic mass is 16.6. The Bertz CT molecular complexity index is 532. The van der Waals surface area contributed by atoms with E-state index in [4.69, 9.17) is 9.47 Å². The van der Waals surface area contributed by atoms with Crippen LogP contribution in [0.25, 0.3) is 0 Å². The average molecular weight is 303 g/mol. The summed E-state index contributed by atoms with van der Waals surface area (Å²) in [6.45, 7) is 4.00. The lowest BCUT2D eigenvalue weighted by Crippen LogP contribution is -2.49. The maximum atomic E-state index is 12.4. The highest BCUT2D eigenvalue weighted by Crippen LogP contribution is 2.50. The van der Waals surface area contributed by atoms with Crippen LogP contribution in [-0.4, -0.2) is 36.9 Å². The molecule has 0 bridgehead atoms. The van der Waals surface area contributed by atoms with Crippen molar-refractivity contribution in [3.05, 3.63) is 35.9 Å². The Kier molecular flexibility index (Phi) is 4.24. The lowest BCUT2D eigenvalue weighted by atomic mass is 9.73. The zero-order valence-corrected chi connectivity index (χ0v) is 13.5. The minimum atomic E-state index is -0.670. The molecule has 1 N–H and O–H groups in total. The number of epoxide rings is 1. The van der Waals surface area contributed by atoms with Gasteiger partial charge in [0, 0.05) is 25.5 Å². The number of fused-ring (bicyclic) bond motifs is 2.